The number of carbonyl (C=O) groups excluding carboxylic acids is 2. The fourth-order valence-corrected chi connectivity index (χ4v) is 2.72. The van der Waals surface area contributed by atoms with Crippen molar-refractivity contribution in [2.75, 3.05) is 11.9 Å². The van der Waals surface area contributed by atoms with E-state index in [1.807, 2.05) is 45.0 Å². The summed E-state index contributed by atoms with van der Waals surface area (Å²) >= 11 is 0. The Morgan fingerprint density at radius 2 is 1.74 bits per heavy atom. The maximum Gasteiger partial charge on any atom is 0.379 e. The minimum atomic E-state index is -0.553. The number of rotatable bonds is 4. The Hall–Kier alpha value is -3.28. The molecule has 3 aromatic rings. The van der Waals surface area contributed by atoms with E-state index in [1.165, 1.54) is 4.90 Å². The first-order valence-corrected chi connectivity index (χ1v) is 8.71. The number of nitrogens with one attached hydrogen (secondary N) is 1. The van der Waals surface area contributed by atoms with Gasteiger partial charge in [-0.25, -0.2) is 9.59 Å². The number of esters is 1. The monoisotopic (exact) mass is 366 g/mol. The third-order valence-corrected chi connectivity index (χ3v) is 4.18. The number of hydrogen-bond donors (Lipinski definition) is 1. The quantitative estimate of drug-likeness (QED) is 0.544. The fraction of sp³-hybridized carbons (Fsp3) is 0.238. The number of nitrogens with zero attached hydrogens (tertiary/aromatic N) is 1. The van der Waals surface area contributed by atoms with Gasteiger partial charge in [-0.05, 0) is 51.1 Å². The van der Waals surface area contributed by atoms with Gasteiger partial charge in [0, 0.05) is 29.7 Å². The Bertz CT molecular complexity index is 974. The first-order valence-electron chi connectivity index (χ1n) is 8.71. The van der Waals surface area contributed by atoms with Gasteiger partial charge in [-0.2, -0.15) is 0 Å². The van der Waals surface area contributed by atoms with Crippen LogP contribution >= 0.6 is 0 Å². The SMILES string of the molecule is Cc1c(C(=O)Oc2ccc(N(C)C(=O)NC(C)C)cc2)oc2ccccc12. The molecule has 0 spiro atoms. The molecule has 1 heterocycles. The smallest absolute Gasteiger partial charge is 0.379 e. The summed E-state index contributed by atoms with van der Waals surface area (Å²) < 4.78 is 11.0. The molecule has 27 heavy (non-hydrogen) atoms. The molecule has 140 valence electrons. The van der Waals surface area contributed by atoms with E-state index >= 15 is 0 Å². The van der Waals surface area contributed by atoms with Crippen LogP contribution in [-0.4, -0.2) is 25.1 Å². The largest absolute Gasteiger partial charge is 0.449 e. The number of hydrogen-bond acceptors (Lipinski definition) is 4. The van der Waals surface area contributed by atoms with Crippen molar-refractivity contribution in [3.05, 3.63) is 59.9 Å². The Balaban J connectivity index is 1.73. The van der Waals surface area contributed by atoms with Crippen molar-refractivity contribution < 1.29 is 18.7 Å². The molecule has 0 bridgehead atoms. The van der Waals surface area contributed by atoms with Crippen LogP contribution in [0.2, 0.25) is 0 Å². The Morgan fingerprint density at radius 1 is 1.07 bits per heavy atom. The lowest BCUT2D eigenvalue weighted by molar-refractivity contribution is 0.0703. The molecule has 1 N–H and O–H groups in total. The molecule has 0 saturated carbocycles. The number of benzene rings is 2. The van der Waals surface area contributed by atoms with Crippen LogP contribution in [-0.2, 0) is 0 Å². The second kappa shape index (κ2) is 7.53. The van der Waals surface area contributed by atoms with Crippen molar-refractivity contribution in [1.29, 1.82) is 0 Å². The summed E-state index contributed by atoms with van der Waals surface area (Å²) in [6.07, 6.45) is 0. The molecule has 2 aromatic carbocycles. The van der Waals surface area contributed by atoms with Crippen LogP contribution in [0, 0.1) is 6.92 Å². The molecule has 0 aliphatic rings. The summed E-state index contributed by atoms with van der Waals surface area (Å²) in [5, 5.41) is 3.70. The zero-order chi connectivity index (χ0) is 19.6. The number of urea groups is 1. The average molecular weight is 366 g/mol. The topological polar surface area (TPSA) is 71.8 Å². The summed E-state index contributed by atoms with van der Waals surface area (Å²) in [5.74, 6) is 0.0114. The highest BCUT2D eigenvalue weighted by atomic mass is 16.5. The van der Waals surface area contributed by atoms with E-state index < -0.39 is 5.97 Å². The lowest BCUT2D eigenvalue weighted by Gasteiger charge is -2.19. The highest BCUT2D eigenvalue weighted by Crippen LogP contribution is 2.26. The van der Waals surface area contributed by atoms with Crippen molar-refractivity contribution >= 4 is 28.7 Å². The van der Waals surface area contributed by atoms with Crippen molar-refractivity contribution in [1.82, 2.24) is 5.32 Å². The molecular weight excluding hydrogens is 344 g/mol. The van der Waals surface area contributed by atoms with E-state index in [9.17, 15) is 9.59 Å². The van der Waals surface area contributed by atoms with Gasteiger partial charge in [0.1, 0.15) is 11.3 Å². The lowest BCUT2D eigenvalue weighted by Crippen LogP contribution is -2.40. The molecule has 0 unspecified atom stereocenters. The van der Waals surface area contributed by atoms with Crippen LogP contribution in [0.15, 0.2) is 52.9 Å². The van der Waals surface area contributed by atoms with Crippen LogP contribution in [0.1, 0.15) is 30.0 Å². The minimum Gasteiger partial charge on any atom is -0.449 e. The van der Waals surface area contributed by atoms with Gasteiger partial charge in [-0.3, -0.25) is 4.90 Å². The summed E-state index contributed by atoms with van der Waals surface area (Å²) in [6, 6.07) is 14.0. The maximum absolute atomic E-state index is 12.5. The predicted molar refractivity (Wildman–Crippen MR) is 104 cm³/mol. The third-order valence-electron chi connectivity index (χ3n) is 4.18. The number of para-hydroxylation sites is 1. The average Bonchev–Trinajstić information content (AvgIpc) is 2.98. The van der Waals surface area contributed by atoms with Crippen LogP contribution in [0.5, 0.6) is 5.75 Å². The van der Waals surface area contributed by atoms with Gasteiger partial charge in [-0.15, -0.1) is 0 Å². The van der Waals surface area contributed by atoms with E-state index in [2.05, 4.69) is 5.32 Å². The molecule has 1 aromatic heterocycles. The van der Waals surface area contributed by atoms with Gasteiger partial charge in [-0.1, -0.05) is 18.2 Å². The molecule has 6 nitrogen and oxygen atoms in total. The van der Waals surface area contributed by atoms with Crippen molar-refractivity contribution in [3.63, 3.8) is 0 Å². The maximum atomic E-state index is 12.5. The second-order valence-electron chi connectivity index (χ2n) is 6.60. The normalized spacial score (nSPS) is 10.9. The molecule has 6 heteroatoms. The molecular formula is C21H22N2O4. The van der Waals surface area contributed by atoms with Gasteiger partial charge in [0.05, 0.1) is 0 Å². The number of amides is 2. The lowest BCUT2D eigenvalue weighted by atomic mass is 10.1. The Labute approximate surface area is 157 Å². The van der Waals surface area contributed by atoms with Gasteiger partial charge in [0.25, 0.3) is 0 Å². The molecule has 0 aliphatic heterocycles. The number of ether oxygens (including phenoxy) is 1. The van der Waals surface area contributed by atoms with E-state index in [4.69, 9.17) is 9.15 Å². The van der Waals surface area contributed by atoms with E-state index in [0.717, 1.165) is 10.9 Å². The zero-order valence-electron chi connectivity index (χ0n) is 15.8. The van der Waals surface area contributed by atoms with E-state index in [0.29, 0.717) is 17.0 Å². The van der Waals surface area contributed by atoms with Crippen molar-refractivity contribution in [3.8, 4) is 5.75 Å². The molecule has 3 rings (SSSR count). The number of fused-ring (bicyclic) bond motifs is 1. The summed E-state index contributed by atoms with van der Waals surface area (Å²) in [4.78, 5) is 26.0. The number of carbonyl (C=O) groups is 2. The van der Waals surface area contributed by atoms with Crippen LogP contribution < -0.4 is 15.0 Å². The Morgan fingerprint density at radius 3 is 2.37 bits per heavy atom. The van der Waals surface area contributed by atoms with Crippen molar-refractivity contribution in [2.24, 2.45) is 0 Å². The minimum absolute atomic E-state index is 0.0484. The van der Waals surface area contributed by atoms with Gasteiger partial charge in [0.2, 0.25) is 5.76 Å². The molecule has 0 radical (unpaired) electrons. The van der Waals surface area contributed by atoms with Gasteiger partial charge in [0.15, 0.2) is 0 Å². The molecule has 0 fully saturated rings. The number of aryl methyl sites for hydroxylation is 1. The molecule has 2 amide bonds. The van der Waals surface area contributed by atoms with Crippen LogP contribution in [0.3, 0.4) is 0 Å². The standard InChI is InChI=1S/C21H22N2O4/c1-13(2)22-21(25)23(4)15-9-11-16(12-10-15)26-20(24)19-14(3)17-7-5-6-8-18(17)27-19/h5-13H,1-4H3,(H,22,25). The molecule has 0 atom stereocenters. The zero-order valence-corrected chi connectivity index (χ0v) is 15.8. The van der Waals surface area contributed by atoms with Crippen molar-refractivity contribution in [2.45, 2.75) is 26.8 Å². The van der Waals surface area contributed by atoms with E-state index in [1.54, 1.807) is 31.3 Å². The highest BCUT2D eigenvalue weighted by Gasteiger charge is 2.19. The summed E-state index contributed by atoms with van der Waals surface area (Å²) in [5.41, 5.74) is 2.08. The number of anilines is 1. The first-order chi connectivity index (χ1) is 12.9. The fourth-order valence-electron chi connectivity index (χ4n) is 2.72. The van der Waals surface area contributed by atoms with Crippen LogP contribution in [0.4, 0.5) is 10.5 Å². The predicted octanol–water partition coefficient (Wildman–Crippen LogP) is 4.51. The van der Waals surface area contributed by atoms with E-state index in [-0.39, 0.29) is 17.8 Å². The van der Waals surface area contributed by atoms with Gasteiger partial charge >= 0.3 is 12.0 Å². The molecule has 0 aliphatic carbocycles. The Kier molecular flexibility index (Phi) is 5.16. The first kappa shape index (κ1) is 18.5. The molecule has 0 saturated heterocycles. The van der Waals surface area contributed by atoms with Crippen LogP contribution in [0.25, 0.3) is 11.0 Å². The second-order valence-corrected chi connectivity index (χ2v) is 6.60. The summed E-state index contributed by atoms with van der Waals surface area (Å²) in [7, 11) is 1.68. The number of furan rings is 1. The van der Waals surface area contributed by atoms with Gasteiger partial charge < -0.3 is 14.5 Å². The third kappa shape index (κ3) is 3.95. The highest BCUT2D eigenvalue weighted by molar-refractivity contribution is 5.97. The summed E-state index contributed by atoms with van der Waals surface area (Å²) in [6.45, 7) is 5.62.